The van der Waals surface area contributed by atoms with Crippen LogP contribution in [0.5, 0.6) is 5.75 Å². The number of carboxylic acids is 2. The number of hydrogen-bond donors (Lipinski definition) is 8. The van der Waals surface area contributed by atoms with Crippen LogP contribution >= 0.6 is 0 Å². The van der Waals surface area contributed by atoms with Crippen molar-refractivity contribution in [3.05, 3.63) is 48.0 Å². The molecule has 0 aliphatic heterocycles. The third-order valence-electron chi connectivity index (χ3n) is 5.94. The molecule has 1 aromatic carbocycles. The van der Waals surface area contributed by atoms with Crippen LogP contribution in [0.3, 0.4) is 0 Å². The third kappa shape index (κ3) is 10.7. The van der Waals surface area contributed by atoms with Crippen LogP contribution in [0.15, 0.2) is 36.8 Å². The molecule has 0 aliphatic carbocycles. The number of carboxylic acid groups (broad SMARTS) is 2. The number of nitrogens with zero attached hydrogens (tertiary/aromatic N) is 1. The zero-order valence-corrected chi connectivity index (χ0v) is 22.3. The maximum Gasteiger partial charge on any atom is 0.326 e. The van der Waals surface area contributed by atoms with Crippen LogP contribution in [0.2, 0.25) is 0 Å². The van der Waals surface area contributed by atoms with Gasteiger partial charge in [0.15, 0.2) is 0 Å². The molecule has 0 radical (unpaired) electrons. The SMILES string of the molecule is CC(C)CC(NC(=O)C(Cc1ccc(O)cc1)NC(=O)C(N)Cc1cnc[nH]1)C(=O)NC(CCC(=O)O)C(=O)O. The predicted octanol–water partition coefficient (Wildman–Crippen LogP) is -0.322. The number of benzene rings is 1. The number of rotatable bonds is 16. The lowest BCUT2D eigenvalue weighted by Crippen LogP contribution is -2.58. The summed E-state index contributed by atoms with van der Waals surface area (Å²) < 4.78 is 0. The summed E-state index contributed by atoms with van der Waals surface area (Å²) in [5.41, 5.74) is 7.25. The summed E-state index contributed by atoms with van der Waals surface area (Å²) in [6.07, 6.45) is 2.42. The molecular formula is C26H36N6O8. The van der Waals surface area contributed by atoms with Gasteiger partial charge in [0.05, 0.1) is 12.4 Å². The first kappa shape index (κ1) is 31.8. The normalized spacial score (nSPS) is 14.0. The number of amides is 3. The second-order valence-corrected chi connectivity index (χ2v) is 9.84. The highest BCUT2D eigenvalue weighted by Gasteiger charge is 2.31. The van der Waals surface area contributed by atoms with Gasteiger partial charge in [0.25, 0.3) is 0 Å². The van der Waals surface area contributed by atoms with Crippen molar-refractivity contribution in [2.24, 2.45) is 11.7 Å². The van der Waals surface area contributed by atoms with Gasteiger partial charge in [-0.3, -0.25) is 19.2 Å². The number of carbonyl (C=O) groups is 5. The molecule has 1 heterocycles. The maximum atomic E-state index is 13.4. The van der Waals surface area contributed by atoms with Gasteiger partial charge < -0.3 is 42.0 Å². The highest BCUT2D eigenvalue weighted by Crippen LogP contribution is 2.13. The molecule has 218 valence electrons. The van der Waals surface area contributed by atoms with E-state index in [2.05, 4.69) is 25.9 Å². The molecule has 40 heavy (non-hydrogen) atoms. The van der Waals surface area contributed by atoms with Crippen molar-refractivity contribution in [1.82, 2.24) is 25.9 Å². The van der Waals surface area contributed by atoms with E-state index < -0.39 is 60.2 Å². The van der Waals surface area contributed by atoms with Crippen molar-refractivity contribution in [2.75, 3.05) is 0 Å². The molecule has 14 nitrogen and oxygen atoms in total. The average Bonchev–Trinajstić information content (AvgIpc) is 3.39. The van der Waals surface area contributed by atoms with Crippen molar-refractivity contribution in [2.45, 2.75) is 70.1 Å². The number of hydrogen-bond acceptors (Lipinski definition) is 8. The predicted molar refractivity (Wildman–Crippen MR) is 142 cm³/mol. The lowest BCUT2D eigenvalue weighted by Gasteiger charge is -2.26. The maximum absolute atomic E-state index is 13.4. The van der Waals surface area contributed by atoms with Crippen LogP contribution in [0.1, 0.15) is 44.4 Å². The van der Waals surface area contributed by atoms with Gasteiger partial charge in [-0.2, -0.15) is 0 Å². The Morgan fingerprint density at radius 3 is 2.05 bits per heavy atom. The molecule has 0 saturated heterocycles. The fraction of sp³-hybridized carbons (Fsp3) is 0.462. The van der Waals surface area contributed by atoms with E-state index in [4.69, 9.17) is 10.8 Å². The van der Waals surface area contributed by atoms with E-state index in [1.807, 2.05) is 0 Å². The molecule has 2 aromatic rings. The molecule has 2 rings (SSSR count). The van der Waals surface area contributed by atoms with Gasteiger partial charge in [-0.25, -0.2) is 9.78 Å². The Hall–Kier alpha value is -4.46. The quantitative estimate of drug-likeness (QED) is 0.133. The number of phenols is 1. The number of carbonyl (C=O) groups excluding carboxylic acids is 3. The van der Waals surface area contributed by atoms with Gasteiger partial charge in [-0.15, -0.1) is 0 Å². The molecule has 9 N–H and O–H groups in total. The molecule has 0 bridgehead atoms. The molecule has 14 heteroatoms. The fourth-order valence-corrected chi connectivity index (χ4v) is 3.85. The van der Waals surface area contributed by atoms with Crippen molar-refractivity contribution in [3.63, 3.8) is 0 Å². The van der Waals surface area contributed by atoms with E-state index in [0.29, 0.717) is 11.3 Å². The number of aliphatic carboxylic acids is 2. The molecule has 1 aromatic heterocycles. The zero-order chi connectivity index (χ0) is 29.8. The Labute approximate surface area is 230 Å². The smallest absolute Gasteiger partial charge is 0.326 e. The number of nitrogens with two attached hydrogens (primary N) is 1. The first-order valence-electron chi connectivity index (χ1n) is 12.7. The minimum Gasteiger partial charge on any atom is -0.508 e. The number of aromatic hydroxyl groups is 1. The topological polar surface area (TPSA) is 237 Å². The van der Waals surface area contributed by atoms with Crippen LogP contribution in [0.25, 0.3) is 0 Å². The Kier molecular flexibility index (Phi) is 12.1. The van der Waals surface area contributed by atoms with E-state index in [-0.39, 0.29) is 37.4 Å². The molecule has 0 spiro atoms. The molecule has 3 amide bonds. The third-order valence-corrected chi connectivity index (χ3v) is 5.94. The monoisotopic (exact) mass is 560 g/mol. The Bertz CT molecular complexity index is 1150. The van der Waals surface area contributed by atoms with Crippen LogP contribution < -0.4 is 21.7 Å². The number of aromatic amines is 1. The summed E-state index contributed by atoms with van der Waals surface area (Å²) in [7, 11) is 0. The van der Waals surface area contributed by atoms with E-state index in [1.54, 1.807) is 26.0 Å². The Balaban J connectivity index is 2.22. The van der Waals surface area contributed by atoms with Crippen LogP contribution in [0.4, 0.5) is 0 Å². The molecule has 0 aliphatic rings. The van der Waals surface area contributed by atoms with Gasteiger partial charge in [0.2, 0.25) is 17.7 Å². The van der Waals surface area contributed by atoms with Gasteiger partial charge in [0.1, 0.15) is 23.9 Å². The summed E-state index contributed by atoms with van der Waals surface area (Å²) in [5.74, 6) is -4.85. The summed E-state index contributed by atoms with van der Waals surface area (Å²) in [6, 6.07) is 1.17. The molecule has 0 fully saturated rings. The van der Waals surface area contributed by atoms with E-state index in [1.165, 1.54) is 24.7 Å². The van der Waals surface area contributed by atoms with Gasteiger partial charge in [-0.05, 0) is 36.5 Å². The van der Waals surface area contributed by atoms with Crippen LogP contribution in [-0.4, -0.2) is 79.1 Å². The minimum absolute atomic E-state index is 0.00100. The van der Waals surface area contributed by atoms with Crippen molar-refractivity contribution < 1.29 is 39.3 Å². The molecular weight excluding hydrogens is 524 g/mol. The number of imidazole rings is 1. The Morgan fingerprint density at radius 1 is 0.900 bits per heavy atom. The summed E-state index contributed by atoms with van der Waals surface area (Å²) in [4.78, 5) is 68.5. The molecule has 4 unspecified atom stereocenters. The summed E-state index contributed by atoms with van der Waals surface area (Å²) in [5, 5.41) is 35.4. The van der Waals surface area contributed by atoms with Gasteiger partial charge >= 0.3 is 11.9 Å². The van der Waals surface area contributed by atoms with E-state index in [0.717, 1.165) is 0 Å². The summed E-state index contributed by atoms with van der Waals surface area (Å²) >= 11 is 0. The van der Waals surface area contributed by atoms with Crippen LogP contribution in [-0.2, 0) is 36.8 Å². The lowest BCUT2D eigenvalue weighted by atomic mass is 10.00. The first-order valence-corrected chi connectivity index (χ1v) is 12.7. The highest BCUT2D eigenvalue weighted by molar-refractivity contribution is 5.94. The second kappa shape index (κ2) is 15.2. The number of nitrogens with one attached hydrogen (secondary N) is 4. The average molecular weight is 561 g/mol. The second-order valence-electron chi connectivity index (χ2n) is 9.84. The highest BCUT2D eigenvalue weighted by atomic mass is 16.4. The molecule has 4 atom stereocenters. The van der Waals surface area contributed by atoms with E-state index in [9.17, 15) is 34.2 Å². The van der Waals surface area contributed by atoms with Crippen LogP contribution in [0, 0.1) is 5.92 Å². The van der Waals surface area contributed by atoms with Gasteiger partial charge in [0, 0.05) is 31.2 Å². The molecule has 0 saturated carbocycles. The van der Waals surface area contributed by atoms with Crippen molar-refractivity contribution in [1.29, 1.82) is 0 Å². The number of H-pyrrole nitrogens is 1. The van der Waals surface area contributed by atoms with Crippen molar-refractivity contribution in [3.8, 4) is 5.75 Å². The first-order chi connectivity index (χ1) is 18.8. The van der Waals surface area contributed by atoms with Crippen molar-refractivity contribution >= 4 is 29.7 Å². The van der Waals surface area contributed by atoms with E-state index >= 15 is 0 Å². The minimum atomic E-state index is -1.47. The largest absolute Gasteiger partial charge is 0.508 e. The standard InChI is InChI=1S/C26H36N6O8/c1-14(2)9-20(24(37)30-19(26(39)40)7-8-22(34)35)32-25(38)21(10-15-3-5-17(33)6-4-15)31-23(36)18(27)11-16-12-28-13-29-16/h3-6,12-14,18-21,33H,7-11,27H2,1-2H3,(H,28,29)(H,30,37)(H,31,36)(H,32,38)(H,34,35)(H,39,40). The number of aromatic nitrogens is 2. The number of phenolic OH excluding ortho intramolecular Hbond substituents is 1. The van der Waals surface area contributed by atoms with Gasteiger partial charge in [-0.1, -0.05) is 26.0 Å². The zero-order valence-electron chi connectivity index (χ0n) is 22.3. The Morgan fingerprint density at radius 2 is 1.50 bits per heavy atom. The fourth-order valence-electron chi connectivity index (χ4n) is 3.85. The lowest BCUT2D eigenvalue weighted by molar-refractivity contribution is -0.143. The summed E-state index contributed by atoms with van der Waals surface area (Å²) in [6.45, 7) is 3.60.